The summed E-state index contributed by atoms with van der Waals surface area (Å²) in [5, 5.41) is 3.65. The third-order valence-corrected chi connectivity index (χ3v) is 4.99. The Balaban J connectivity index is 1.59. The van der Waals surface area contributed by atoms with Gasteiger partial charge in [-0.15, -0.1) is 0 Å². The SMILES string of the molecule is COc1ccc(CCC(C)NCCN2CCSCC2)cc1. The summed E-state index contributed by atoms with van der Waals surface area (Å²) >= 11 is 2.08. The largest absolute Gasteiger partial charge is 0.497 e. The number of aryl methyl sites for hydroxylation is 1. The second-order valence-electron chi connectivity index (χ2n) is 5.70. The molecule has 0 aliphatic carbocycles. The van der Waals surface area contributed by atoms with E-state index < -0.39 is 0 Å². The average Bonchev–Trinajstić information content (AvgIpc) is 2.54. The Labute approximate surface area is 133 Å². The van der Waals surface area contributed by atoms with E-state index in [1.807, 2.05) is 12.1 Å². The monoisotopic (exact) mass is 308 g/mol. The third kappa shape index (κ3) is 6.29. The molecular weight excluding hydrogens is 280 g/mol. The van der Waals surface area contributed by atoms with E-state index >= 15 is 0 Å². The van der Waals surface area contributed by atoms with Crippen molar-refractivity contribution < 1.29 is 4.74 Å². The number of ether oxygens (including phenoxy) is 1. The molecule has 0 aromatic heterocycles. The molecule has 1 aromatic carbocycles. The Bertz CT molecular complexity index is 390. The number of benzene rings is 1. The van der Waals surface area contributed by atoms with Crippen molar-refractivity contribution in [2.45, 2.75) is 25.8 Å². The summed E-state index contributed by atoms with van der Waals surface area (Å²) in [7, 11) is 1.71. The van der Waals surface area contributed by atoms with Gasteiger partial charge in [0.2, 0.25) is 0 Å². The van der Waals surface area contributed by atoms with E-state index in [1.54, 1.807) is 7.11 Å². The number of rotatable bonds is 8. The van der Waals surface area contributed by atoms with Crippen molar-refractivity contribution in [1.82, 2.24) is 10.2 Å². The van der Waals surface area contributed by atoms with Crippen LogP contribution in [-0.2, 0) is 6.42 Å². The molecule has 3 nitrogen and oxygen atoms in total. The first-order valence-electron chi connectivity index (χ1n) is 7.94. The molecule has 1 aromatic rings. The van der Waals surface area contributed by atoms with Crippen LogP contribution in [0.15, 0.2) is 24.3 Å². The zero-order valence-corrected chi connectivity index (χ0v) is 14.1. The fourth-order valence-corrected chi connectivity index (χ4v) is 3.55. The van der Waals surface area contributed by atoms with Crippen LogP contribution >= 0.6 is 11.8 Å². The highest BCUT2D eigenvalue weighted by molar-refractivity contribution is 7.99. The van der Waals surface area contributed by atoms with Gasteiger partial charge < -0.3 is 15.0 Å². The molecule has 0 saturated carbocycles. The van der Waals surface area contributed by atoms with E-state index in [-0.39, 0.29) is 0 Å². The van der Waals surface area contributed by atoms with Crippen LogP contribution in [0.5, 0.6) is 5.75 Å². The summed E-state index contributed by atoms with van der Waals surface area (Å²) in [6.07, 6.45) is 2.31. The molecule has 1 atom stereocenters. The van der Waals surface area contributed by atoms with Crippen LogP contribution in [0.4, 0.5) is 0 Å². The van der Waals surface area contributed by atoms with Crippen molar-refractivity contribution in [1.29, 1.82) is 0 Å². The summed E-state index contributed by atoms with van der Waals surface area (Å²) < 4.78 is 5.19. The lowest BCUT2D eigenvalue weighted by Gasteiger charge is -2.26. The van der Waals surface area contributed by atoms with Crippen molar-refractivity contribution in [2.24, 2.45) is 0 Å². The number of thioether (sulfide) groups is 1. The van der Waals surface area contributed by atoms with Crippen molar-refractivity contribution in [3.63, 3.8) is 0 Å². The van der Waals surface area contributed by atoms with Gasteiger partial charge in [-0.3, -0.25) is 0 Å². The van der Waals surface area contributed by atoms with Gasteiger partial charge in [0.05, 0.1) is 7.11 Å². The molecule has 1 aliphatic heterocycles. The molecule has 0 spiro atoms. The quantitative estimate of drug-likeness (QED) is 0.798. The lowest BCUT2D eigenvalue weighted by Crippen LogP contribution is -2.39. The van der Waals surface area contributed by atoms with Crippen molar-refractivity contribution in [3.05, 3.63) is 29.8 Å². The third-order valence-electron chi connectivity index (χ3n) is 4.05. The van der Waals surface area contributed by atoms with E-state index in [4.69, 9.17) is 4.74 Å². The first kappa shape index (κ1) is 16.7. The Morgan fingerprint density at radius 2 is 1.95 bits per heavy atom. The fourth-order valence-electron chi connectivity index (χ4n) is 2.57. The normalized spacial score (nSPS) is 17.6. The fraction of sp³-hybridized carbons (Fsp3) is 0.647. The van der Waals surface area contributed by atoms with Gasteiger partial charge in [-0.1, -0.05) is 12.1 Å². The molecule has 4 heteroatoms. The number of methoxy groups -OCH3 is 1. The van der Waals surface area contributed by atoms with Crippen LogP contribution in [0.2, 0.25) is 0 Å². The van der Waals surface area contributed by atoms with Gasteiger partial charge in [0, 0.05) is 43.7 Å². The van der Waals surface area contributed by atoms with Crippen molar-refractivity contribution in [2.75, 3.05) is 44.8 Å². The first-order valence-corrected chi connectivity index (χ1v) is 9.10. The average molecular weight is 308 g/mol. The van der Waals surface area contributed by atoms with E-state index in [2.05, 4.69) is 41.0 Å². The molecule has 1 heterocycles. The molecule has 0 radical (unpaired) electrons. The van der Waals surface area contributed by atoms with Crippen molar-refractivity contribution in [3.8, 4) is 5.75 Å². The minimum absolute atomic E-state index is 0.575. The first-order chi connectivity index (χ1) is 10.3. The van der Waals surface area contributed by atoms with Gasteiger partial charge in [0.15, 0.2) is 0 Å². The lowest BCUT2D eigenvalue weighted by molar-refractivity contribution is 0.295. The molecule has 1 aliphatic rings. The topological polar surface area (TPSA) is 24.5 Å². The van der Waals surface area contributed by atoms with Crippen molar-refractivity contribution >= 4 is 11.8 Å². The van der Waals surface area contributed by atoms with Gasteiger partial charge in [0.1, 0.15) is 5.75 Å². The molecular formula is C17H28N2OS. The Kier molecular flexibility index (Phi) is 7.41. The maximum absolute atomic E-state index is 5.19. The Morgan fingerprint density at radius 3 is 2.62 bits per heavy atom. The molecule has 0 amide bonds. The van der Waals surface area contributed by atoms with Crippen LogP contribution < -0.4 is 10.1 Å². The summed E-state index contributed by atoms with van der Waals surface area (Å²) in [6, 6.07) is 8.99. The second kappa shape index (κ2) is 9.34. The summed E-state index contributed by atoms with van der Waals surface area (Å²) in [6.45, 7) is 7.09. The number of hydrogen-bond acceptors (Lipinski definition) is 4. The predicted octanol–water partition coefficient (Wildman–Crippen LogP) is 2.65. The standard InChI is InChI=1S/C17H28N2OS/c1-15(18-9-10-19-11-13-21-14-12-19)3-4-16-5-7-17(20-2)8-6-16/h5-8,15,18H,3-4,9-14H2,1-2H3. The molecule has 0 bridgehead atoms. The minimum atomic E-state index is 0.575. The van der Waals surface area contributed by atoms with Crippen LogP contribution in [0.25, 0.3) is 0 Å². The van der Waals surface area contributed by atoms with Crippen LogP contribution in [0, 0.1) is 0 Å². The predicted molar refractivity (Wildman–Crippen MR) is 92.5 cm³/mol. The molecule has 1 saturated heterocycles. The van der Waals surface area contributed by atoms with Crippen LogP contribution in [0.1, 0.15) is 18.9 Å². The Hall–Kier alpha value is -0.710. The highest BCUT2D eigenvalue weighted by atomic mass is 32.2. The Morgan fingerprint density at radius 1 is 1.24 bits per heavy atom. The summed E-state index contributed by atoms with van der Waals surface area (Å²) in [5.74, 6) is 3.53. The molecule has 1 N–H and O–H groups in total. The number of nitrogens with one attached hydrogen (secondary N) is 1. The van der Waals surface area contributed by atoms with Gasteiger partial charge >= 0.3 is 0 Å². The smallest absolute Gasteiger partial charge is 0.118 e. The summed E-state index contributed by atoms with van der Waals surface area (Å²) in [5.41, 5.74) is 1.39. The minimum Gasteiger partial charge on any atom is -0.497 e. The van der Waals surface area contributed by atoms with Gasteiger partial charge in [0.25, 0.3) is 0 Å². The molecule has 21 heavy (non-hydrogen) atoms. The maximum Gasteiger partial charge on any atom is 0.118 e. The van der Waals surface area contributed by atoms with E-state index in [1.165, 1.54) is 43.1 Å². The highest BCUT2D eigenvalue weighted by Crippen LogP contribution is 2.13. The maximum atomic E-state index is 5.19. The van der Waals surface area contributed by atoms with Gasteiger partial charge in [-0.25, -0.2) is 0 Å². The van der Waals surface area contributed by atoms with E-state index in [9.17, 15) is 0 Å². The molecule has 2 rings (SSSR count). The molecule has 1 fully saturated rings. The van der Waals surface area contributed by atoms with Gasteiger partial charge in [-0.05, 0) is 37.5 Å². The zero-order chi connectivity index (χ0) is 14.9. The summed E-state index contributed by atoms with van der Waals surface area (Å²) in [4.78, 5) is 2.57. The van der Waals surface area contributed by atoms with E-state index in [0.29, 0.717) is 6.04 Å². The zero-order valence-electron chi connectivity index (χ0n) is 13.3. The molecule has 118 valence electrons. The van der Waals surface area contributed by atoms with E-state index in [0.717, 1.165) is 18.7 Å². The number of nitrogens with zero attached hydrogens (tertiary/aromatic N) is 1. The highest BCUT2D eigenvalue weighted by Gasteiger charge is 2.10. The number of hydrogen-bond donors (Lipinski definition) is 1. The van der Waals surface area contributed by atoms with Gasteiger partial charge in [-0.2, -0.15) is 11.8 Å². The van der Waals surface area contributed by atoms with Crippen LogP contribution in [-0.4, -0.2) is 55.7 Å². The molecule has 1 unspecified atom stereocenters. The lowest BCUT2D eigenvalue weighted by atomic mass is 10.1. The van der Waals surface area contributed by atoms with Crippen LogP contribution in [0.3, 0.4) is 0 Å². The second-order valence-corrected chi connectivity index (χ2v) is 6.92.